The maximum absolute atomic E-state index is 12.4. The van der Waals surface area contributed by atoms with Gasteiger partial charge in [-0.2, -0.15) is 0 Å². The fraction of sp³-hybridized carbons (Fsp3) is 0. The summed E-state index contributed by atoms with van der Waals surface area (Å²) in [6.07, 6.45) is 4.61. The van der Waals surface area contributed by atoms with E-state index in [0.717, 1.165) is 0 Å². The van der Waals surface area contributed by atoms with Crippen molar-refractivity contribution in [2.24, 2.45) is 0 Å². The summed E-state index contributed by atoms with van der Waals surface area (Å²) >= 11 is 3.31. The average Bonchev–Trinajstić information content (AvgIpc) is 2.49. The summed E-state index contributed by atoms with van der Waals surface area (Å²) in [5, 5.41) is 2.73. The molecule has 104 valence electrons. The molecule has 3 rings (SSSR count). The van der Waals surface area contributed by atoms with E-state index in [2.05, 4.69) is 36.2 Å². The first-order chi connectivity index (χ1) is 10.1. The van der Waals surface area contributed by atoms with Crippen LogP contribution in [-0.2, 0) is 0 Å². The molecular weight excluding hydrogens is 334 g/mol. The van der Waals surface area contributed by atoms with Crippen molar-refractivity contribution in [3.05, 3.63) is 52.9 Å². The number of carbonyl (C=O) groups is 1. The first-order valence-corrected chi connectivity index (χ1v) is 6.86. The maximum atomic E-state index is 12.4. The second kappa shape index (κ2) is 5.45. The number of fused-ring (bicyclic) bond motifs is 1. The van der Waals surface area contributed by atoms with E-state index in [9.17, 15) is 4.79 Å². The van der Waals surface area contributed by atoms with Crippen molar-refractivity contribution in [1.29, 1.82) is 0 Å². The minimum absolute atomic E-state index is 0.306. The van der Waals surface area contributed by atoms with Crippen LogP contribution in [0.15, 0.2) is 47.3 Å². The molecule has 1 amide bonds. The number of benzene rings is 1. The summed E-state index contributed by atoms with van der Waals surface area (Å²) < 4.78 is 0.613. The van der Waals surface area contributed by atoms with Gasteiger partial charge in [-0.3, -0.25) is 14.8 Å². The molecule has 6 nitrogen and oxygen atoms in total. The van der Waals surface area contributed by atoms with Crippen molar-refractivity contribution in [1.82, 2.24) is 15.0 Å². The molecule has 0 aliphatic rings. The van der Waals surface area contributed by atoms with Gasteiger partial charge in [0.05, 0.1) is 27.4 Å². The summed E-state index contributed by atoms with van der Waals surface area (Å²) in [5.41, 5.74) is 7.77. The number of anilines is 2. The van der Waals surface area contributed by atoms with Crippen molar-refractivity contribution >= 4 is 44.4 Å². The summed E-state index contributed by atoms with van der Waals surface area (Å²) in [6, 6.07) is 6.93. The van der Waals surface area contributed by atoms with Crippen molar-refractivity contribution in [2.45, 2.75) is 0 Å². The number of nitrogens with two attached hydrogens (primary N) is 1. The molecule has 0 bridgehead atoms. The van der Waals surface area contributed by atoms with Crippen molar-refractivity contribution in [3.63, 3.8) is 0 Å². The number of rotatable bonds is 2. The van der Waals surface area contributed by atoms with Crippen LogP contribution in [0.5, 0.6) is 0 Å². The lowest BCUT2D eigenvalue weighted by Crippen LogP contribution is -2.14. The molecule has 0 atom stereocenters. The van der Waals surface area contributed by atoms with Gasteiger partial charge in [0.2, 0.25) is 0 Å². The Balaban J connectivity index is 1.97. The standard InChI is InChI=1S/C14H10BrN5O/c15-10-6-8(16)7-19-13(10)20-14(21)9-2-1-3-11-12(9)18-5-4-17-11/h1-7H,16H2,(H,19,20,21). The Bertz CT molecular complexity index is 831. The molecule has 0 unspecified atom stereocenters. The molecule has 0 radical (unpaired) electrons. The highest BCUT2D eigenvalue weighted by Crippen LogP contribution is 2.23. The van der Waals surface area contributed by atoms with Gasteiger partial charge in [0.25, 0.3) is 5.91 Å². The Labute approximate surface area is 128 Å². The minimum atomic E-state index is -0.306. The molecule has 0 saturated carbocycles. The number of nitrogens with zero attached hydrogens (tertiary/aromatic N) is 3. The zero-order valence-corrected chi connectivity index (χ0v) is 12.3. The lowest BCUT2D eigenvalue weighted by atomic mass is 10.1. The molecule has 0 spiro atoms. The molecule has 2 aromatic heterocycles. The Kier molecular flexibility index (Phi) is 3.49. The highest BCUT2D eigenvalue weighted by Gasteiger charge is 2.13. The second-order valence-corrected chi connectivity index (χ2v) is 5.14. The Morgan fingerprint density at radius 1 is 1.19 bits per heavy atom. The number of halogens is 1. The first-order valence-electron chi connectivity index (χ1n) is 6.07. The smallest absolute Gasteiger partial charge is 0.259 e. The number of amides is 1. The Morgan fingerprint density at radius 3 is 2.81 bits per heavy atom. The molecule has 2 heterocycles. The van der Waals surface area contributed by atoms with Crippen LogP contribution in [0.2, 0.25) is 0 Å². The van der Waals surface area contributed by atoms with Crippen molar-refractivity contribution < 1.29 is 4.79 Å². The van der Waals surface area contributed by atoms with E-state index in [1.54, 1.807) is 36.7 Å². The fourth-order valence-corrected chi connectivity index (χ4v) is 2.36. The van der Waals surface area contributed by atoms with Gasteiger partial charge in [-0.1, -0.05) is 6.07 Å². The van der Waals surface area contributed by atoms with Gasteiger partial charge in [0.15, 0.2) is 0 Å². The van der Waals surface area contributed by atoms with Crippen LogP contribution < -0.4 is 11.1 Å². The molecule has 21 heavy (non-hydrogen) atoms. The van der Waals surface area contributed by atoms with E-state index in [0.29, 0.717) is 32.6 Å². The van der Waals surface area contributed by atoms with Gasteiger partial charge in [0.1, 0.15) is 11.3 Å². The number of nitrogens with one attached hydrogen (secondary N) is 1. The first kappa shape index (κ1) is 13.4. The van der Waals surface area contributed by atoms with Gasteiger partial charge < -0.3 is 11.1 Å². The third kappa shape index (κ3) is 2.68. The number of aromatic nitrogens is 3. The van der Waals surface area contributed by atoms with Crippen LogP contribution in [0.1, 0.15) is 10.4 Å². The third-order valence-electron chi connectivity index (χ3n) is 2.84. The number of hydrogen-bond acceptors (Lipinski definition) is 5. The van der Waals surface area contributed by atoms with E-state index in [4.69, 9.17) is 5.73 Å². The van der Waals surface area contributed by atoms with Gasteiger partial charge in [-0.05, 0) is 34.1 Å². The van der Waals surface area contributed by atoms with Gasteiger partial charge in [0, 0.05) is 12.4 Å². The molecule has 0 fully saturated rings. The van der Waals surface area contributed by atoms with Gasteiger partial charge in [-0.15, -0.1) is 0 Å². The zero-order valence-electron chi connectivity index (χ0n) is 10.7. The third-order valence-corrected chi connectivity index (χ3v) is 3.44. The second-order valence-electron chi connectivity index (χ2n) is 4.28. The molecule has 1 aromatic carbocycles. The van der Waals surface area contributed by atoms with Crippen molar-refractivity contribution in [3.8, 4) is 0 Å². The Hall–Kier alpha value is -2.54. The quantitative estimate of drug-likeness (QED) is 0.745. The molecule has 0 aliphatic carbocycles. The highest BCUT2D eigenvalue weighted by atomic mass is 79.9. The topological polar surface area (TPSA) is 93.8 Å². The summed E-state index contributed by atoms with van der Waals surface area (Å²) in [5.74, 6) is 0.0918. The van der Waals surface area contributed by atoms with E-state index in [1.807, 2.05) is 0 Å². The van der Waals surface area contributed by atoms with E-state index in [1.165, 1.54) is 6.20 Å². The molecule has 7 heteroatoms. The molecular formula is C14H10BrN5O. The summed E-state index contributed by atoms with van der Waals surface area (Å²) in [6.45, 7) is 0. The van der Waals surface area contributed by atoms with Crippen LogP contribution in [0.3, 0.4) is 0 Å². The van der Waals surface area contributed by atoms with Crippen LogP contribution in [-0.4, -0.2) is 20.9 Å². The molecule has 0 saturated heterocycles. The number of nitrogen functional groups attached to an aromatic ring is 1. The summed E-state index contributed by atoms with van der Waals surface area (Å²) in [4.78, 5) is 24.9. The van der Waals surface area contributed by atoms with Crippen LogP contribution >= 0.6 is 15.9 Å². The van der Waals surface area contributed by atoms with Gasteiger partial charge in [-0.25, -0.2) is 4.98 Å². The molecule has 3 aromatic rings. The normalized spacial score (nSPS) is 10.5. The predicted molar refractivity (Wildman–Crippen MR) is 83.8 cm³/mol. The number of pyridine rings is 1. The average molecular weight is 344 g/mol. The predicted octanol–water partition coefficient (Wildman–Crippen LogP) is 2.62. The van der Waals surface area contributed by atoms with E-state index < -0.39 is 0 Å². The van der Waals surface area contributed by atoms with Crippen LogP contribution in [0.25, 0.3) is 11.0 Å². The van der Waals surface area contributed by atoms with Crippen LogP contribution in [0, 0.1) is 0 Å². The number of hydrogen-bond donors (Lipinski definition) is 2. The number of carbonyl (C=O) groups excluding carboxylic acids is 1. The fourth-order valence-electron chi connectivity index (χ4n) is 1.90. The minimum Gasteiger partial charge on any atom is -0.397 e. The largest absolute Gasteiger partial charge is 0.397 e. The Morgan fingerprint density at radius 2 is 2.00 bits per heavy atom. The molecule has 3 N–H and O–H groups in total. The molecule has 0 aliphatic heterocycles. The SMILES string of the molecule is Nc1cnc(NC(=O)c2cccc3nccnc23)c(Br)c1. The number of para-hydroxylation sites is 1. The lowest BCUT2D eigenvalue weighted by molar-refractivity contribution is 0.102. The van der Waals surface area contributed by atoms with Crippen molar-refractivity contribution in [2.75, 3.05) is 11.1 Å². The zero-order chi connectivity index (χ0) is 14.8. The highest BCUT2D eigenvalue weighted by molar-refractivity contribution is 9.10. The summed E-state index contributed by atoms with van der Waals surface area (Å²) in [7, 11) is 0. The van der Waals surface area contributed by atoms with Crippen LogP contribution in [0.4, 0.5) is 11.5 Å². The lowest BCUT2D eigenvalue weighted by Gasteiger charge is -2.08. The van der Waals surface area contributed by atoms with Gasteiger partial charge >= 0.3 is 0 Å². The maximum Gasteiger partial charge on any atom is 0.259 e. The van der Waals surface area contributed by atoms with E-state index >= 15 is 0 Å². The monoisotopic (exact) mass is 343 g/mol. The van der Waals surface area contributed by atoms with E-state index in [-0.39, 0.29) is 5.91 Å².